The van der Waals surface area contributed by atoms with Gasteiger partial charge < -0.3 is 14.8 Å². The first-order valence-corrected chi connectivity index (χ1v) is 3.45. The van der Waals surface area contributed by atoms with Crippen LogP contribution in [0.3, 0.4) is 0 Å². The van der Waals surface area contributed by atoms with Crippen LogP contribution in [0.1, 0.15) is 19.8 Å². The maximum absolute atomic E-state index is 10.5. The SMILES string of the molecule is CC(=O)[O-].CN1CCCC1=O.[Na+]. The van der Waals surface area contributed by atoms with E-state index >= 15 is 0 Å². The molecule has 64 valence electrons. The predicted molar refractivity (Wildman–Crippen MR) is 37.6 cm³/mol. The maximum atomic E-state index is 10.5. The summed E-state index contributed by atoms with van der Waals surface area (Å²) in [6, 6.07) is 0. The van der Waals surface area contributed by atoms with Gasteiger partial charge >= 0.3 is 29.6 Å². The average Bonchev–Trinajstić information content (AvgIpc) is 2.15. The summed E-state index contributed by atoms with van der Waals surface area (Å²) in [5.74, 6) is -0.792. The molecular formula is C7H12NNaO3. The first kappa shape index (κ1) is 14.5. The van der Waals surface area contributed by atoms with Crippen LogP contribution >= 0.6 is 0 Å². The molecule has 1 aliphatic rings. The number of aliphatic carboxylic acids is 1. The Bertz CT molecular complexity index is 157. The number of hydrogen-bond acceptors (Lipinski definition) is 3. The third kappa shape index (κ3) is 8.04. The number of carbonyl (C=O) groups excluding carboxylic acids is 2. The number of carbonyl (C=O) groups is 2. The smallest absolute Gasteiger partial charge is 0.550 e. The van der Waals surface area contributed by atoms with Gasteiger partial charge in [-0.1, -0.05) is 0 Å². The minimum Gasteiger partial charge on any atom is -0.550 e. The molecule has 1 amide bonds. The number of likely N-dealkylation sites (tertiary alicyclic amines) is 1. The van der Waals surface area contributed by atoms with Crippen LogP contribution in [0.25, 0.3) is 0 Å². The first-order valence-electron chi connectivity index (χ1n) is 3.45. The average molecular weight is 181 g/mol. The van der Waals surface area contributed by atoms with Gasteiger partial charge in [-0.05, 0) is 13.3 Å². The summed E-state index contributed by atoms with van der Waals surface area (Å²) < 4.78 is 0. The number of rotatable bonds is 0. The minimum atomic E-state index is -1.08. The normalized spacial score (nSPS) is 14.5. The van der Waals surface area contributed by atoms with E-state index in [1.165, 1.54) is 0 Å². The van der Waals surface area contributed by atoms with Crippen molar-refractivity contribution in [2.75, 3.05) is 13.6 Å². The quantitative estimate of drug-likeness (QED) is 0.358. The Morgan fingerprint density at radius 1 is 1.58 bits per heavy atom. The molecule has 5 heteroatoms. The van der Waals surface area contributed by atoms with Crippen molar-refractivity contribution in [1.29, 1.82) is 0 Å². The number of hydrogen-bond donors (Lipinski definition) is 0. The fourth-order valence-corrected chi connectivity index (χ4v) is 0.783. The Balaban J connectivity index is 0. The van der Waals surface area contributed by atoms with E-state index in [1.54, 1.807) is 4.90 Å². The summed E-state index contributed by atoms with van der Waals surface area (Å²) in [5.41, 5.74) is 0. The standard InChI is InChI=1S/C5H9NO.C2H4O2.Na/c1-6-4-2-3-5(6)7;1-2(3)4;/h2-4H2,1H3;1H3,(H,3,4);/q;;+1/p-1. The van der Waals surface area contributed by atoms with Gasteiger partial charge in [0.05, 0.1) is 0 Å². The van der Waals surface area contributed by atoms with Crippen molar-refractivity contribution in [2.45, 2.75) is 19.8 Å². The summed E-state index contributed by atoms with van der Waals surface area (Å²) in [5, 5.41) is 8.89. The van der Waals surface area contributed by atoms with Crippen LogP contribution < -0.4 is 34.7 Å². The summed E-state index contributed by atoms with van der Waals surface area (Å²) in [6.07, 6.45) is 1.81. The molecule has 0 atom stereocenters. The van der Waals surface area contributed by atoms with Crippen molar-refractivity contribution < 1.29 is 44.3 Å². The fraction of sp³-hybridized carbons (Fsp3) is 0.714. The van der Waals surface area contributed by atoms with Crippen molar-refractivity contribution in [3.8, 4) is 0 Å². The Hall–Kier alpha value is -0.0600. The van der Waals surface area contributed by atoms with Gasteiger partial charge in [0.1, 0.15) is 0 Å². The molecule has 1 aliphatic heterocycles. The van der Waals surface area contributed by atoms with Gasteiger partial charge in [0.25, 0.3) is 0 Å². The predicted octanol–water partition coefficient (Wildman–Crippen LogP) is -4.00. The van der Waals surface area contributed by atoms with Gasteiger partial charge in [-0.3, -0.25) is 4.79 Å². The molecule has 1 heterocycles. The molecule has 0 aromatic carbocycles. The Kier molecular flexibility index (Phi) is 9.14. The van der Waals surface area contributed by atoms with E-state index in [1.807, 2.05) is 7.05 Å². The summed E-state index contributed by atoms with van der Waals surface area (Å²) >= 11 is 0. The third-order valence-corrected chi connectivity index (χ3v) is 1.31. The molecule has 0 spiro atoms. The molecule has 1 fully saturated rings. The second-order valence-corrected chi connectivity index (χ2v) is 2.41. The zero-order valence-electron chi connectivity index (χ0n) is 7.79. The molecule has 4 nitrogen and oxygen atoms in total. The maximum Gasteiger partial charge on any atom is 1.00 e. The molecule has 0 aromatic heterocycles. The molecule has 0 saturated carbocycles. The van der Waals surface area contributed by atoms with E-state index in [9.17, 15) is 4.79 Å². The monoisotopic (exact) mass is 181 g/mol. The number of carboxylic acid groups (broad SMARTS) is 1. The Morgan fingerprint density at radius 3 is 2.08 bits per heavy atom. The molecular weight excluding hydrogens is 169 g/mol. The second kappa shape index (κ2) is 7.58. The molecule has 0 radical (unpaired) electrons. The third-order valence-electron chi connectivity index (χ3n) is 1.31. The van der Waals surface area contributed by atoms with Gasteiger partial charge in [-0.25, -0.2) is 0 Å². The van der Waals surface area contributed by atoms with Gasteiger partial charge in [-0.15, -0.1) is 0 Å². The topological polar surface area (TPSA) is 60.4 Å². The van der Waals surface area contributed by atoms with Crippen LogP contribution in [-0.2, 0) is 9.59 Å². The van der Waals surface area contributed by atoms with Crippen LogP contribution in [0, 0.1) is 0 Å². The van der Waals surface area contributed by atoms with Crippen molar-refractivity contribution in [2.24, 2.45) is 0 Å². The fourth-order valence-electron chi connectivity index (χ4n) is 0.783. The summed E-state index contributed by atoms with van der Waals surface area (Å²) in [4.78, 5) is 21.2. The molecule has 0 aliphatic carbocycles. The van der Waals surface area contributed by atoms with E-state index in [2.05, 4.69) is 0 Å². The van der Waals surface area contributed by atoms with Gasteiger partial charge in [0.2, 0.25) is 5.91 Å². The van der Waals surface area contributed by atoms with Crippen molar-refractivity contribution >= 4 is 11.9 Å². The van der Waals surface area contributed by atoms with Crippen molar-refractivity contribution in [3.63, 3.8) is 0 Å². The number of carboxylic acids is 1. The van der Waals surface area contributed by atoms with Gasteiger partial charge in [0, 0.05) is 26.0 Å². The Labute approximate surface area is 94.2 Å². The molecule has 0 bridgehead atoms. The molecule has 0 N–H and O–H groups in total. The summed E-state index contributed by atoms with van der Waals surface area (Å²) in [6.45, 7) is 1.93. The minimum absolute atomic E-state index is 0. The zero-order valence-corrected chi connectivity index (χ0v) is 9.79. The van der Waals surface area contributed by atoms with Crippen LogP contribution in [0.5, 0.6) is 0 Å². The van der Waals surface area contributed by atoms with Crippen LogP contribution in [0.15, 0.2) is 0 Å². The molecule has 1 rings (SSSR count). The summed E-state index contributed by atoms with van der Waals surface area (Å²) in [7, 11) is 1.84. The van der Waals surface area contributed by atoms with E-state index in [0.29, 0.717) is 5.91 Å². The van der Waals surface area contributed by atoms with E-state index in [-0.39, 0.29) is 29.6 Å². The van der Waals surface area contributed by atoms with Gasteiger partial charge in [0.15, 0.2) is 0 Å². The van der Waals surface area contributed by atoms with E-state index in [4.69, 9.17) is 9.90 Å². The van der Waals surface area contributed by atoms with Crippen molar-refractivity contribution in [3.05, 3.63) is 0 Å². The number of amides is 1. The van der Waals surface area contributed by atoms with E-state index in [0.717, 1.165) is 26.3 Å². The Morgan fingerprint density at radius 2 is 2.00 bits per heavy atom. The number of nitrogens with zero attached hydrogens (tertiary/aromatic N) is 1. The molecule has 0 unspecified atom stereocenters. The first-order chi connectivity index (χ1) is 5.04. The van der Waals surface area contributed by atoms with E-state index < -0.39 is 5.97 Å². The zero-order chi connectivity index (χ0) is 8.85. The molecule has 0 aromatic rings. The molecule has 1 saturated heterocycles. The molecule has 12 heavy (non-hydrogen) atoms. The van der Waals surface area contributed by atoms with Crippen LogP contribution in [0.4, 0.5) is 0 Å². The largest absolute Gasteiger partial charge is 1.00 e. The van der Waals surface area contributed by atoms with Crippen molar-refractivity contribution in [1.82, 2.24) is 4.90 Å². The van der Waals surface area contributed by atoms with Crippen LogP contribution in [-0.4, -0.2) is 30.4 Å². The van der Waals surface area contributed by atoms with Crippen LogP contribution in [0.2, 0.25) is 0 Å². The van der Waals surface area contributed by atoms with Gasteiger partial charge in [-0.2, -0.15) is 0 Å². The second-order valence-electron chi connectivity index (χ2n) is 2.41.